The number of carbonyl (C=O) groups is 2. The molecule has 0 saturated carbocycles. The smallest absolute Gasteiger partial charge is 0.338 e. The highest BCUT2D eigenvalue weighted by Gasteiger charge is 2.20. The molecule has 6 heteroatoms. The molecule has 0 aromatic heterocycles. The fourth-order valence-electron chi connectivity index (χ4n) is 2.84. The van der Waals surface area contributed by atoms with Crippen molar-refractivity contribution >= 4 is 11.9 Å². The highest BCUT2D eigenvalue weighted by atomic mass is 16.5. The van der Waals surface area contributed by atoms with E-state index in [9.17, 15) is 9.59 Å². The topological polar surface area (TPSA) is 65.1 Å². The molecule has 2 aromatic rings. The largest absolute Gasteiger partial charge is 0.496 e. The van der Waals surface area contributed by atoms with Crippen LogP contribution in [0.3, 0.4) is 0 Å². The van der Waals surface area contributed by atoms with Gasteiger partial charge in [0, 0.05) is 18.2 Å². The van der Waals surface area contributed by atoms with Crippen LogP contribution in [0.5, 0.6) is 11.5 Å². The van der Waals surface area contributed by atoms with Crippen molar-refractivity contribution in [3.8, 4) is 11.5 Å². The van der Waals surface area contributed by atoms with E-state index in [1.54, 1.807) is 17.0 Å². The number of rotatable bonds is 8. The van der Waals surface area contributed by atoms with Gasteiger partial charge in [0.25, 0.3) is 5.91 Å². The molecule has 6 nitrogen and oxygen atoms in total. The molecule has 0 saturated heterocycles. The monoisotopic (exact) mass is 385 g/mol. The summed E-state index contributed by atoms with van der Waals surface area (Å²) in [6, 6.07) is 12.8. The molecular weight excluding hydrogens is 358 g/mol. The third-order valence-electron chi connectivity index (χ3n) is 4.45. The molecule has 0 aliphatic rings. The average molecular weight is 385 g/mol. The van der Waals surface area contributed by atoms with Crippen molar-refractivity contribution in [1.82, 2.24) is 4.90 Å². The Hall–Kier alpha value is -3.02. The number of ether oxygens (including phenoxy) is 3. The van der Waals surface area contributed by atoms with Crippen LogP contribution in [0.15, 0.2) is 42.5 Å². The van der Waals surface area contributed by atoms with E-state index in [1.165, 1.54) is 14.2 Å². The van der Waals surface area contributed by atoms with Gasteiger partial charge in [0.2, 0.25) is 0 Å². The van der Waals surface area contributed by atoms with Crippen molar-refractivity contribution in [2.75, 3.05) is 20.8 Å². The van der Waals surface area contributed by atoms with Crippen molar-refractivity contribution in [2.24, 2.45) is 0 Å². The molecule has 150 valence electrons. The SMILES string of the molecule is COc1cc(C(=O)OCC(=O)N(Cc2ccccc2)C(C)C)cc(OC)c1C. The molecule has 0 N–H and O–H groups in total. The summed E-state index contributed by atoms with van der Waals surface area (Å²) in [5.74, 6) is 0.183. The Morgan fingerprint density at radius 2 is 1.57 bits per heavy atom. The Labute approximate surface area is 166 Å². The van der Waals surface area contributed by atoms with Gasteiger partial charge in [-0.1, -0.05) is 30.3 Å². The Morgan fingerprint density at radius 3 is 2.07 bits per heavy atom. The summed E-state index contributed by atoms with van der Waals surface area (Å²) in [5, 5.41) is 0. The molecular formula is C22H27NO5. The fourth-order valence-corrected chi connectivity index (χ4v) is 2.84. The molecule has 0 heterocycles. The van der Waals surface area contributed by atoms with E-state index in [0.717, 1.165) is 11.1 Å². The van der Waals surface area contributed by atoms with Crippen LogP contribution in [0.25, 0.3) is 0 Å². The zero-order valence-electron chi connectivity index (χ0n) is 17.0. The van der Waals surface area contributed by atoms with Crippen LogP contribution in [0.1, 0.15) is 35.3 Å². The maximum atomic E-state index is 12.6. The van der Waals surface area contributed by atoms with Crippen LogP contribution in [0.2, 0.25) is 0 Å². The van der Waals surface area contributed by atoms with Gasteiger partial charge < -0.3 is 19.1 Å². The highest BCUT2D eigenvalue weighted by molar-refractivity contribution is 5.92. The number of benzene rings is 2. The molecule has 0 radical (unpaired) electrons. The zero-order valence-corrected chi connectivity index (χ0v) is 17.0. The normalized spacial score (nSPS) is 10.5. The first-order valence-electron chi connectivity index (χ1n) is 9.10. The van der Waals surface area contributed by atoms with E-state index in [2.05, 4.69) is 0 Å². The minimum Gasteiger partial charge on any atom is -0.496 e. The second kappa shape index (κ2) is 9.78. The molecule has 2 aromatic carbocycles. The molecule has 0 aliphatic heterocycles. The molecule has 0 aliphatic carbocycles. The highest BCUT2D eigenvalue weighted by Crippen LogP contribution is 2.29. The quantitative estimate of drug-likeness (QED) is 0.650. The minimum atomic E-state index is -0.603. The molecule has 2 rings (SSSR count). The second-order valence-electron chi connectivity index (χ2n) is 6.68. The standard InChI is InChI=1S/C22H27NO5/c1-15(2)23(13-17-9-7-6-8-10-17)21(24)14-28-22(25)18-11-19(26-4)16(3)20(12-18)27-5/h6-12,15H,13-14H2,1-5H3. The number of carbonyl (C=O) groups excluding carboxylic acids is 2. The van der Waals surface area contributed by atoms with Crippen molar-refractivity contribution in [2.45, 2.75) is 33.4 Å². The molecule has 0 fully saturated rings. The molecule has 28 heavy (non-hydrogen) atoms. The zero-order chi connectivity index (χ0) is 20.7. The van der Waals surface area contributed by atoms with E-state index in [4.69, 9.17) is 14.2 Å². The van der Waals surface area contributed by atoms with Gasteiger partial charge in [-0.2, -0.15) is 0 Å². The van der Waals surface area contributed by atoms with Gasteiger partial charge >= 0.3 is 5.97 Å². The first kappa shape index (κ1) is 21.3. The summed E-state index contributed by atoms with van der Waals surface area (Å²) in [7, 11) is 3.04. The predicted octanol–water partition coefficient (Wildman–Crippen LogP) is 3.61. The van der Waals surface area contributed by atoms with Crippen LogP contribution in [-0.4, -0.2) is 43.6 Å². The molecule has 0 unspecified atom stereocenters. The van der Waals surface area contributed by atoms with Gasteiger partial charge in [-0.3, -0.25) is 4.79 Å². The minimum absolute atomic E-state index is 0.0222. The third kappa shape index (κ3) is 5.25. The molecule has 0 spiro atoms. The summed E-state index contributed by atoms with van der Waals surface area (Å²) in [6.07, 6.45) is 0. The maximum absolute atomic E-state index is 12.6. The van der Waals surface area contributed by atoms with Crippen molar-refractivity contribution < 1.29 is 23.8 Å². The molecule has 0 atom stereocenters. The lowest BCUT2D eigenvalue weighted by Crippen LogP contribution is -2.39. The van der Waals surface area contributed by atoms with Gasteiger partial charge in [0.05, 0.1) is 19.8 Å². The van der Waals surface area contributed by atoms with Crippen LogP contribution >= 0.6 is 0 Å². The van der Waals surface area contributed by atoms with Crippen LogP contribution in [-0.2, 0) is 16.1 Å². The van der Waals surface area contributed by atoms with Crippen LogP contribution in [0.4, 0.5) is 0 Å². The lowest BCUT2D eigenvalue weighted by Gasteiger charge is -2.26. The summed E-state index contributed by atoms with van der Waals surface area (Å²) >= 11 is 0. The number of esters is 1. The first-order valence-corrected chi connectivity index (χ1v) is 9.10. The van der Waals surface area contributed by atoms with Gasteiger partial charge in [-0.05, 0) is 38.5 Å². The average Bonchev–Trinajstić information content (AvgIpc) is 2.70. The van der Waals surface area contributed by atoms with E-state index < -0.39 is 5.97 Å². The maximum Gasteiger partial charge on any atom is 0.338 e. The van der Waals surface area contributed by atoms with E-state index >= 15 is 0 Å². The second-order valence-corrected chi connectivity index (χ2v) is 6.68. The summed E-state index contributed by atoms with van der Waals surface area (Å²) in [4.78, 5) is 26.7. The Balaban J connectivity index is 2.07. The first-order chi connectivity index (χ1) is 13.4. The number of nitrogens with zero attached hydrogens (tertiary/aromatic N) is 1. The van der Waals surface area contributed by atoms with Crippen molar-refractivity contribution in [3.05, 3.63) is 59.2 Å². The number of hydrogen-bond donors (Lipinski definition) is 0. The molecule has 0 bridgehead atoms. The van der Waals surface area contributed by atoms with Crippen molar-refractivity contribution in [1.29, 1.82) is 0 Å². The Kier molecular flexibility index (Phi) is 7.44. The number of hydrogen-bond acceptors (Lipinski definition) is 5. The summed E-state index contributed by atoms with van der Waals surface area (Å²) in [6.45, 7) is 5.82. The molecule has 1 amide bonds. The van der Waals surface area contributed by atoms with Gasteiger partial charge in [-0.25, -0.2) is 4.79 Å². The summed E-state index contributed by atoms with van der Waals surface area (Å²) < 4.78 is 15.8. The number of amides is 1. The third-order valence-corrected chi connectivity index (χ3v) is 4.45. The van der Waals surface area contributed by atoms with Gasteiger partial charge in [-0.15, -0.1) is 0 Å². The lowest BCUT2D eigenvalue weighted by atomic mass is 10.1. The van der Waals surface area contributed by atoms with E-state index in [1.807, 2.05) is 51.1 Å². The van der Waals surface area contributed by atoms with E-state index in [0.29, 0.717) is 18.0 Å². The van der Waals surface area contributed by atoms with Gasteiger partial charge in [0.15, 0.2) is 6.61 Å². The Morgan fingerprint density at radius 1 is 1.00 bits per heavy atom. The van der Waals surface area contributed by atoms with Gasteiger partial charge in [0.1, 0.15) is 11.5 Å². The van der Waals surface area contributed by atoms with Crippen molar-refractivity contribution in [3.63, 3.8) is 0 Å². The lowest BCUT2D eigenvalue weighted by molar-refractivity contribution is -0.136. The predicted molar refractivity (Wildman–Crippen MR) is 107 cm³/mol. The van der Waals surface area contributed by atoms with E-state index in [-0.39, 0.29) is 24.1 Å². The Bertz CT molecular complexity index is 792. The fraction of sp³-hybridized carbons (Fsp3) is 0.364. The van der Waals surface area contributed by atoms with Crippen LogP contribution < -0.4 is 9.47 Å². The number of methoxy groups -OCH3 is 2. The summed E-state index contributed by atoms with van der Waals surface area (Å²) in [5.41, 5.74) is 2.07. The van der Waals surface area contributed by atoms with Crippen LogP contribution in [0, 0.1) is 6.92 Å².